The molecule has 0 aliphatic carbocycles. The summed E-state index contributed by atoms with van der Waals surface area (Å²) in [7, 11) is 0. The Morgan fingerprint density at radius 2 is 2.07 bits per heavy atom. The molecule has 0 aliphatic rings. The number of aromatic nitrogens is 3. The molecule has 150 valence electrons. The molecular weight excluding hydrogens is 394 g/mol. The number of hydrogen-bond donors (Lipinski definition) is 1. The van der Waals surface area contributed by atoms with E-state index in [0.29, 0.717) is 21.9 Å². The lowest BCUT2D eigenvalue weighted by molar-refractivity contribution is 0.274. The Bertz CT molecular complexity index is 1060. The lowest BCUT2D eigenvalue weighted by atomic mass is 9.97. The number of aryl methyl sites for hydroxylation is 1. The van der Waals surface area contributed by atoms with E-state index in [2.05, 4.69) is 19.9 Å². The highest BCUT2D eigenvalue weighted by Crippen LogP contribution is 2.31. The van der Waals surface area contributed by atoms with Crippen LogP contribution in [0.5, 0.6) is 0 Å². The molecule has 3 aromatic rings. The predicted octanol–water partition coefficient (Wildman–Crippen LogP) is 4.74. The van der Waals surface area contributed by atoms with Gasteiger partial charge in [-0.15, -0.1) is 16.9 Å². The van der Waals surface area contributed by atoms with Gasteiger partial charge in [0.2, 0.25) is 0 Å². The highest BCUT2D eigenvalue weighted by atomic mass is 35.5. The van der Waals surface area contributed by atoms with E-state index in [-0.39, 0.29) is 24.6 Å². The van der Waals surface area contributed by atoms with Crippen LogP contribution in [0.4, 0.5) is 0 Å². The van der Waals surface area contributed by atoms with Crippen LogP contribution in [0.1, 0.15) is 43.9 Å². The molecule has 0 spiro atoms. The summed E-state index contributed by atoms with van der Waals surface area (Å²) >= 11 is 8.12. The minimum absolute atomic E-state index is 0.143. The second kappa shape index (κ2) is 8.72. The molecule has 0 bridgehead atoms. The molecule has 0 amide bonds. The molecule has 1 aromatic carbocycles. The summed E-state index contributed by atoms with van der Waals surface area (Å²) in [5.74, 6) is 0.735. The van der Waals surface area contributed by atoms with Gasteiger partial charge in [0.25, 0.3) is 5.56 Å². The quantitative estimate of drug-likeness (QED) is 0.562. The summed E-state index contributed by atoms with van der Waals surface area (Å²) < 4.78 is 3.27. The molecule has 28 heavy (non-hydrogen) atoms. The van der Waals surface area contributed by atoms with Crippen LogP contribution in [-0.4, -0.2) is 32.2 Å². The Morgan fingerprint density at radius 1 is 1.32 bits per heavy atom. The molecule has 0 radical (unpaired) electrons. The minimum Gasteiger partial charge on any atom is -0.395 e. The van der Waals surface area contributed by atoms with Gasteiger partial charge in [0.05, 0.1) is 18.2 Å². The fourth-order valence-electron chi connectivity index (χ4n) is 3.64. The van der Waals surface area contributed by atoms with E-state index in [1.165, 1.54) is 4.57 Å². The van der Waals surface area contributed by atoms with E-state index < -0.39 is 0 Å². The van der Waals surface area contributed by atoms with Crippen molar-refractivity contribution in [2.24, 2.45) is 0 Å². The highest BCUT2D eigenvalue weighted by molar-refractivity contribution is 7.98. The molecule has 2 aromatic heterocycles. The molecule has 5 nitrogen and oxygen atoms in total. The molecule has 1 N–H and O–H groups in total. The molecular formula is C21H26ClN3O2S. The van der Waals surface area contributed by atoms with Crippen LogP contribution >= 0.6 is 23.4 Å². The van der Waals surface area contributed by atoms with Gasteiger partial charge in [0.15, 0.2) is 5.82 Å². The second-order valence-corrected chi connectivity index (χ2v) is 8.33. The van der Waals surface area contributed by atoms with E-state index >= 15 is 0 Å². The molecule has 0 aliphatic heterocycles. The van der Waals surface area contributed by atoms with Gasteiger partial charge in [0, 0.05) is 16.2 Å². The lowest BCUT2D eigenvalue weighted by Crippen LogP contribution is -2.28. The first-order valence-corrected chi connectivity index (χ1v) is 11.1. The van der Waals surface area contributed by atoms with Gasteiger partial charge < -0.3 is 5.11 Å². The van der Waals surface area contributed by atoms with Crippen molar-refractivity contribution in [3.05, 3.63) is 50.9 Å². The van der Waals surface area contributed by atoms with Crippen molar-refractivity contribution < 1.29 is 5.11 Å². The lowest BCUT2D eigenvalue weighted by Gasteiger charge is -2.15. The predicted molar refractivity (Wildman–Crippen MR) is 117 cm³/mol. The van der Waals surface area contributed by atoms with Crippen molar-refractivity contribution in [1.82, 2.24) is 14.2 Å². The number of thioether (sulfide) groups is 1. The average molecular weight is 420 g/mol. The zero-order valence-electron chi connectivity index (χ0n) is 16.7. The fourth-order valence-corrected chi connectivity index (χ4v) is 4.41. The second-order valence-electron chi connectivity index (χ2n) is 7.04. The Kier molecular flexibility index (Phi) is 6.53. The van der Waals surface area contributed by atoms with E-state index in [1.807, 2.05) is 31.4 Å². The standard InChI is InChI=1S/C21H26ClN3O2S/c1-5-6-13(2)17-11-14(3)25-19(17)21(27)24(9-10-26)20(23-25)16-8-7-15(28-4)12-18(16)22/h7-8,11-13,26H,5-6,9-10H2,1-4H3. The van der Waals surface area contributed by atoms with Crippen LogP contribution in [0.3, 0.4) is 0 Å². The zero-order valence-corrected chi connectivity index (χ0v) is 18.3. The first-order valence-electron chi connectivity index (χ1n) is 9.50. The largest absolute Gasteiger partial charge is 0.395 e. The van der Waals surface area contributed by atoms with E-state index in [0.717, 1.165) is 29.0 Å². The number of fused-ring (bicyclic) bond motifs is 1. The maximum absolute atomic E-state index is 13.4. The van der Waals surface area contributed by atoms with Crippen LogP contribution in [0.25, 0.3) is 16.9 Å². The van der Waals surface area contributed by atoms with Crippen molar-refractivity contribution >= 4 is 28.9 Å². The number of rotatable bonds is 7. The average Bonchev–Trinajstić information content (AvgIpc) is 3.01. The van der Waals surface area contributed by atoms with Gasteiger partial charge in [-0.1, -0.05) is 31.9 Å². The van der Waals surface area contributed by atoms with Crippen LogP contribution in [0.2, 0.25) is 5.02 Å². The SMILES string of the molecule is CCCC(C)c1cc(C)n2nc(-c3ccc(SC)cc3Cl)n(CCO)c(=O)c12. The van der Waals surface area contributed by atoms with E-state index in [4.69, 9.17) is 16.7 Å². The van der Waals surface area contributed by atoms with Crippen molar-refractivity contribution in [2.75, 3.05) is 12.9 Å². The summed E-state index contributed by atoms with van der Waals surface area (Å²) in [4.78, 5) is 14.5. The molecule has 1 unspecified atom stereocenters. The molecule has 0 saturated heterocycles. The summed E-state index contributed by atoms with van der Waals surface area (Å²) in [6.45, 7) is 6.26. The molecule has 2 heterocycles. The molecule has 1 atom stereocenters. The molecule has 0 fully saturated rings. The van der Waals surface area contributed by atoms with Crippen molar-refractivity contribution in [1.29, 1.82) is 0 Å². The topological polar surface area (TPSA) is 59.5 Å². The van der Waals surface area contributed by atoms with Gasteiger partial charge in [0.1, 0.15) is 5.52 Å². The molecule has 7 heteroatoms. The first kappa shape index (κ1) is 21.0. The van der Waals surface area contributed by atoms with Crippen LogP contribution in [-0.2, 0) is 6.54 Å². The van der Waals surface area contributed by atoms with Gasteiger partial charge in [-0.3, -0.25) is 9.36 Å². The van der Waals surface area contributed by atoms with Crippen molar-refractivity contribution in [3.63, 3.8) is 0 Å². The highest BCUT2D eigenvalue weighted by Gasteiger charge is 2.21. The van der Waals surface area contributed by atoms with Crippen LogP contribution in [0.15, 0.2) is 34.0 Å². The van der Waals surface area contributed by atoms with Crippen molar-refractivity contribution in [2.45, 2.75) is 51.0 Å². The molecule has 3 rings (SSSR count). The molecule has 0 saturated carbocycles. The Labute approximate surface area is 174 Å². The number of aliphatic hydroxyl groups excluding tert-OH is 1. The summed E-state index contributed by atoms with van der Waals surface area (Å²) in [5, 5.41) is 14.9. The summed E-state index contributed by atoms with van der Waals surface area (Å²) in [5.41, 5.74) is 3.06. The summed E-state index contributed by atoms with van der Waals surface area (Å²) in [6, 6.07) is 7.77. The van der Waals surface area contributed by atoms with Gasteiger partial charge in [-0.05, 0) is 55.3 Å². The van der Waals surface area contributed by atoms with Gasteiger partial charge in [-0.25, -0.2) is 4.52 Å². The minimum atomic E-state index is -0.148. The van der Waals surface area contributed by atoms with E-state index in [9.17, 15) is 9.90 Å². The van der Waals surface area contributed by atoms with Crippen LogP contribution in [0, 0.1) is 6.92 Å². The Morgan fingerprint density at radius 3 is 2.68 bits per heavy atom. The fraction of sp³-hybridized carbons (Fsp3) is 0.429. The third-order valence-corrected chi connectivity index (χ3v) is 6.11. The Balaban J connectivity index is 2.32. The zero-order chi connectivity index (χ0) is 20.4. The number of hydrogen-bond acceptors (Lipinski definition) is 4. The maximum atomic E-state index is 13.4. The third kappa shape index (κ3) is 3.73. The van der Waals surface area contributed by atoms with Gasteiger partial charge in [-0.2, -0.15) is 0 Å². The summed E-state index contributed by atoms with van der Waals surface area (Å²) in [6.07, 6.45) is 4.03. The van der Waals surface area contributed by atoms with E-state index in [1.54, 1.807) is 16.3 Å². The monoisotopic (exact) mass is 419 g/mol. The van der Waals surface area contributed by atoms with Crippen LogP contribution < -0.4 is 5.56 Å². The third-order valence-electron chi connectivity index (χ3n) is 5.08. The normalized spacial score (nSPS) is 12.6. The van der Waals surface area contributed by atoms with Crippen molar-refractivity contribution in [3.8, 4) is 11.4 Å². The first-order chi connectivity index (χ1) is 13.4. The van der Waals surface area contributed by atoms with Gasteiger partial charge >= 0.3 is 0 Å². The number of nitrogens with zero attached hydrogens (tertiary/aromatic N) is 3. The number of benzene rings is 1. The number of halogens is 1. The number of aliphatic hydroxyl groups is 1. The Hall–Kier alpha value is -1.76. The maximum Gasteiger partial charge on any atom is 0.278 e. The smallest absolute Gasteiger partial charge is 0.278 e.